The highest BCUT2D eigenvalue weighted by molar-refractivity contribution is 5.89. The van der Waals surface area contributed by atoms with Gasteiger partial charge in [0.05, 0.1) is 24.0 Å². The van der Waals surface area contributed by atoms with E-state index in [2.05, 4.69) is 0 Å². The molecule has 1 aliphatic carbocycles. The Morgan fingerprint density at radius 1 is 1.00 bits per heavy atom. The Hall–Kier alpha value is -2.53. The minimum Gasteiger partial charge on any atom is -0.490 e. The van der Waals surface area contributed by atoms with Gasteiger partial charge in [-0.3, -0.25) is 9.69 Å². The van der Waals surface area contributed by atoms with Crippen molar-refractivity contribution in [3.05, 3.63) is 41.5 Å². The van der Waals surface area contributed by atoms with Crippen LogP contribution in [0.2, 0.25) is 0 Å². The number of carboxylic acids is 1. The second kappa shape index (κ2) is 10.1. The average molecular weight is 519 g/mol. The van der Waals surface area contributed by atoms with E-state index in [-0.39, 0.29) is 44.0 Å². The lowest BCUT2D eigenvalue weighted by Crippen LogP contribution is -2.46. The van der Waals surface area contributed by atoms with Gasteiger partial charge in [-0.1, -0.05) is 18.2 Å². The van der Waals surface area contributed by atoms with E-state index in [1.165, 1.54) is 24.3 Å². The fraction of sp³-hybridized carbons (Fsp3) is 0.560. The first-order valence-electron chi connectivity index (χ1n) is 11.8. The SMILES string of the molecule is O=C(O)C1CN(Cc2ccc3c(C(F)(F)F)c(O[C@H]4CC[C@@H](C(F)(F)F)CC4)ccc3c2)CCC1O. The molecule has 1 saturated carbocycles. The molecular formula is C25H27F6NO4. The molecule has 2 aliphatic rings. The Morgan fingerprint density at radius 3 is 2.31 bits per heavy atom. The van der Waals surface area contributed by atoms with Gasteiger partial charge in [0.2, 0.25) is 0 Å². The Kier molecular flexibility index (Phi) is 7.43. The molecule has 2 aromatic rings. The molecule has 2 fully saturated rings. The molecule has 11 heteroatoms. The van der Waals surface area contributed by atoms with Crippen LogP contribution in [0.4, 0.5) is 26.3 Å². The molecule has 0 bridgehead atoms. The number of carbonyl (C=O) groups is 1. The molecule has 0 spiro atoms. The summed E-state index contributed by atoms with van der Waals surface area (Å²) in [4.78, 5) is 13.2. The van der Waals surface area contributed by atoms with Crippen molar-refractivity contribution in [2.45, 2.75) is 63.2 Å². The van der Waals surface area contributed by atoms with Crippen LogP contribution in [0.15, 0.2) is 30.3 Å². The summed E-state index contributed by atoms with van der Waals surface area (Å²) in [5, 5.41) is 19.4. The van der Waals surface area contributed by atoms with Gasteiger partial charge in [0.25, 0.3) is 0 Å². The van der Waals surface area contributed by atoms with Crippen LogP contribution in [0.25, 0.3) is 10.8 Å². The summed E-state index contributed by atoms with van der Waals surface area (Å²) in [7, 11) is 0. The molecular weight excluding hydrogens is 492 g/mol. The Morgan fingerprint density at radius 2 is 1.69 bits per heavy atom. The zero-order valence-corrected chi connectivity index (χ0v) is 19.3. The molecule has 1 aliphatic heterocycles. The lowest BCUT2D eigenvalue weighted by molar-refractivity contribution is -0.185. The van der Waals surface area contributed by atoms with Gasteiger partial charge in [-0.15, -0.1) is 0 Å². The van der Waals surface area contributed by atoms with Gasteiger partial charge < -0.3 is 14.9 Å². The topological polar surface area (TPSA) is 70.0 Å². The lowest BCUT2D eigenvalue weighted by Gasteiger charge is -2.34. The van der Waals surface area contributed by atoms with Crippen LogP contribution in [0.1, 0.15) is 43.2 Å². The second-order valence-corrected chi connectivity index (χ2v) is 9.66. The normalized spacial score (nSPS) is 26.2. The highest BCUT2D eigenvalue weighted by atomic mass is 19.4. The molecule has 36 heavy (non-hydrogen) atoms. The summed E-state index contributed by atoms with van der Waals surface area (Å²) in [6, 6.07) is 7.18. The van der Waals surface area contributed by atoms with Gasteiger partial charge >= 0.3 is 18.3 Å². The first kappa shape index (κ1) is 26.5. The predicted octanol–water partition coefficient (Wildman–Crippen LogP) is 5.63. The number of aliphatic hydroxyl groups is 1. The zero-order valence-electron chi connectivity index (χ0n) is 19.3. The highest BCUT2D eigenvalue weighted by Gasteiger charge is 2.43. The third kappa shape index (κ3) is 5.88. The van der Waals surface area contributed by atoms with E-state index in [9.17, 15) is 41.4 Å². The molecule has 0 radical (unpaired) electrons. The largest absolute Gasteiger partial charge is 0.490 e. The highest BCUT2D eigenvalue weighted by Crippen LogP contribution is 2.44. The van der Waals surface area contributed by atoms with E-state index < -0.39 is 53.7 Å². The molecule has 2 aromatic carbocycles. The van der Waals surface area contributed by atoms with E-state index >= 15 is 0 Å². The van der Waals surface area contributed by atoms with E-state index in [4.69, 9.17) is 4.74 Å². The number of hydrogen-bond acceptors (Lipinski definition) is 4. The number of aliphatic carboxylic acids is 1. The zero-order chi connectivity index (χ0) is 26.3. The summed E-state index contributed by atoms with van der Waals surface area (Å²) >= 11 is 0. The van der Waals surface area contributed by atoms with Crippen LogP contribution in [0.3, 0.4) is 0 Å². The smallest absolute Gasteiger partial charge is 0.420 e. The third-order valence-corrected chi connectivity index (χ3v) is 7.14. The van der Waals surface area contributed by atoms with Crippen molar-refractivity contribution in [3.8, 4) is 5.75 Å². The molecule has 2 atom stereocenters. The van der Waals surface area contributed by atoms with E-state index in [0.29, 0.717) is 24.0 Å². The van der Waals surface area contributed by atoms with Crippen molar-refractivity contribution in [2.75, 3.05) is 13.1 Å². The first-order chi connectivity index (χ1) is 16.8. The van der Waals surface area contributed by atoms with Gasteiger partial charge in [-0.2, -0.15) is 26.3 Å². The average Bonchev–Trinajstić information content (AvgIpc) is 2.79. The number of piperidine rings is 1. The third-order valence-electron chi connectivity index (χ3n) is 7.14. The van der Waals surface area contributed by atoms with Crippen LogP contribution in [-0.2, 0) is 17.5 Å². The number of benzene rings is 2. The summed E-state index contributed by atoms with van der Waals surface area (Å²) in [5.41, 5.74) is -0.271. The molecule has 2 N–H and O–H groups in total. The van der Waals surface area contributed by atoms with Crippen LogP contribution in [0, 0.1) is 11.8 Å². The van der Waals surface area contributed by atoms with Crippen molar-refractivity contribution in [3.63, 3.8) is 0 Å². The van der Waals surface area contributed by atoms with Crippen LogP contribution in [0.5, 0.6) is 5.75 Å². The fourth-order valence-electron chi connectivity index (χ4n) is 5.19. The van der Waals surface area contributed by atoms with Gasteiger partial charge in [-0.05, 0) is 60.6 Å². The summed E-state index contributed by atoms with van der Waals surface area (Å²) in [5.74, 6) is -3.88. The number of halogens is 6. The number of carboxylic acid groups (broad SMARTS) is 1. The summed E-state index contributed by atoms with van der Waals surface area (Å²) in [6.45, 7) is 0.903. The quantitative estimate of drug-likeness (QED) is 0.502. The maximum atomic E-state index is 14.1. The fourth-order valence-corrected chi connectivity index (χ4v) is 5.19. The van der Waals surface area contributed by atoms with Gasteiger partial charge in [-0.25, -0.2) is 0 Å². The molecule has 2 unspecified atom stereocenters. The van der Waals surface area contributed by atoms with Crippen LogP contribution in [-0.4, -0.2) is 52.6 Å². The van der Waals surface area contributed by atoms with Crippen molar-refractivity contribution < 1.29 is 46.1 Å². The monoisotopic (exact) mass is 519 g/mol. The molecule has 0 aromatic heterocycles. The molecule has 1 heterocycles. The predicted molar refractivity (Wildman–Crippen MR) is 118 cm³/mol. The van der Waals surface area contributed by atoms with Crippen molar-refractivity contribution in [1.29, 1.82) is 0 Å². The van der Waals surface area contributed by atoms with E-state index in [0.717, 1.165) is 0 Å². The number of hydrogen-bond donors (Lipinski definition) is 2. The minimum absolute atomic E-state index is 0.0281. The maximum Gasteiger partial charge on any atom is 0.420 e. The van der Waals surface area contributed by atoms with Gasteiger partial charge in [0.15, 0.2) is 0 Å². The summed E-state index contributed by atoms with van der Waals surface area (Å²) in [6.07, 6.45) is -10.7. The maximum absolute atomic E-state index is 14.1. The molecule has 4 rings (SSSR count). The number of likely N-dealkylation sites (tertiary alicyclic amines) is 1. The molecule has 1 saturated heterocycles. The number of aliphatic hydroxyl groups excluding tert-OH is 1. The first-order valence-corrected chi connectivity index (χ1v) is 11.8. The molecule has 198 valence electrons. The Bertz CT molecular complexity index is 1090. The summed E-state index contributed by atoms with van der Waals surface area (Å²) < 4.78 is 86.5. The number of alkyl halides is 6. The Balaban J connectivity index is 1.54. The van der Waals surface area contributed by atoms with Crippen molar-refractivity contribution in [1.82, 2.24) is 4.90 Å². The van der Waals surface area contributed by atoms with E-state index in [1.807, 2.05) is 4.90 Å². The number of rotatable bonds is 5. The van der Waals surface area contributed by atoms with Crippen LogP contribution >= 0.6 is 0 Å². The standard InChI is InChI=1S/C25H27F6NO4/c26-24(27,28)16-3-5-17(6-4-16)36-21-8-2-15-11-14(1-7-18(15)22(21)25(29,30)31)12-32-10-9-20(33)19(13-32)23(34)35/h1-2,7-8,11,16-17,19-20,33H,3-6,9-10,12-13H2,(H,34,35)/t16-,17+,19?,20?. The number of ether oxygens (including phenoxy) is 1. The second-order valence-electron chi connectivity index (χ2n) is 9.66. The number of fused-ring (bicyclic) bond motifs is 1. The Labute approximate surface area is 203 Å². The van der Waals surface area contributed by atoms with Gasteiger partial charge in [0.1, 0.15) is 11.3 Å². The van der Waals surface area contributed by atoms with Crippen LogP contribution < -0.4 is 4.74 Å². The van der Waals surface area contributed by atoms with Crippen molar-refractivity contribution >= 4 is 16.7 Å². The van der Waals surface area contributed by atoms with E-state index in [1.54, 1.807) is 6.07 Å². The van der Waals surface area contributed by atoms with Crippen molar-refractivity contribution in [2.24, 2.45) is 11.8 Å². The van der Waals surface area contributed by atoms with Gasteiger partial charge in [0, 0.05) is 19.6 Å². The minimum atomic E-state index is -4.74. The lowest BCUT2D eigenvalue weighted by atomic mass is 9.87. The molecule has 0 amide bonds. The number of nitrogens with zero attached hydrogens (tertiary/aromatic N) is 1. The molecule has 5 nitrogen and oxygen atoms in total.